The van der Waals surface area contributed by atoms with Crippen molar-refractivity contribution in [1.29, 1.82) is 0 Å². The maximum Gasteiger partial charge on any atom is 0.223 e. The molecule has 1 saturated heterocycles. The zero-order valence-corrected chi connectivity index (χ0v) is 15.4. The number of unbranched alkanes of at least 4 members (excludes halogenated alkanes) is 1. The van der Waals surface area contributed by atoms with Crippen LogP contribution in [0.3, 0.4) is 0 Å². The lowest BCUT2D eigenvalue weighted by Gasteiger charge is -2.36. The molecule has 0 aliphatic carbocycles. The van der Waals surface area contributed by atoms with Crippen molar-refractivity contribution in [3.8, 4) is 0 Å². The fraction of sp³-hybridized carbons (Fsp3) is 0.500. The summed E-state index contributed by atoms with van der Waals surface area (Å²) in [7, 11) is 0. The van der Waals surface area contributed by atoms with E-state index in [0.717, 1.165) is 38.9 Å². The second-order valence-electron chi connectivity index (χ2n) is 5.58. The van der Waals surface area contributed by atoms with Gasteiger partial charge in [-0.3, -0.25) is 4.79 Å². The Bertz CT molecular complexity index is 476. The van der Waals surface area contributed by atoms with E-state index in [1.54, 1.807) is 0 Å². The zero-order chi connectivity index (χ0) is 15.1. The number of piperazine rings is 1. The highest BCUT2D eigenvalue weighted by atomic mass is 35.5. The second kappa shape index (κ2) is 11.5. The summed E-state index contributed by atoms with van der Waals surface area (Å²) in [6.45, 7) is 8.40. The maximum atomic E-state index is 12.4. The average molecular weight is 359 g/mol. The van der Waals surface area contributed by atoms with Crippen molar-refractivity contribution in [3.05, 3.63) is 48.0 Å². The molecule has 0 radical (unpaired) electrons. The van der Waals surface area contributed by atoms with Crippen LogP contribution in [0.5, 0.6) is 0 Å². The van der Waals surface area contributed by atoms with Crippen LogP contribution < -0.4 is 5.32 Å². The number of allylic oxidation sites excluding steroid dienone is 1. The van der Waals surface area contributed by atoms with Crippen molar-refractivity contribution >= 4 is 30.7 Å². The van der Waals surface area contributed by atoms with Crippen LogP contribution in [-0.4, -0.2) is 30.4 Å². The molecule has 1 heterocycles. The number of amides is 1. The SMILES string of the molecule is C=CCCCC(=O)N1CCNCC1c1ccc(CC)cc1.Cl.Cl. The first kappa shape index (κ1) is 22.0. The number of nitrogens with one attached hydrogen (secondary N) is 1. The molecule has 0 saturated carbocycles. The van der Waals surface area contributed by atoms with Gasteiger partial charge in [-0.15, -0.1) is 31.4 Å². The molecule has 1 aromatic rings. The van der Waals surface area contributed by atoms with Gasteiger partial charge in [0, 0.05) is 26.1 Å². The Hall–Kier alpha value is -1.03. The van der Waals surface area contributed by atoms with Gasteiger partial charge in [-0.2, -0.15) is 0 Å². The van der Waals surface area contributed by atoms with E-state index < -0.39 is 0 Å². The fourth-order valence-corrected chi connectivity index (χ4v) is 2.82. The van der Waals surface area contributed by atoms with Gasteiger partial charge >= 0.3 is 0 Å². The van der Waals surface area contributed by atoms with E-state index in [4.69, 9.17) is 0 Å². The standard InChI is InChI=1S/C18H26N2O.2ClH/c1-3-5-6-7-18(21)20-13-12-19-14-17(20)16-10-8-15(4-2)9-11-16;;/h3,8-11,17,19H,1,4-7,12-14H2,2H3;2*1H. The molecular weight excluding hydrogens is 331 g/mol. The van der Waals surface area contributed by atoms with Gasteiger partial charge in [-0.1, -0.05) is 37.3 Å². The molecule has 1 atom stereocenters. The van der Waals surface area contributed by atoms with Crippen LogP contribution in [0.1, 0.15) is 43.4 Å². The molecule has 1 N–H and O–H groups in total. The van der Waals surface area contributed by atoms with E-state index in [-0.39, 0.29) is 36.8 Å². The van der Waals surface area contributed by atoms with Gasteiger partial charge in [0.2, 0.25) is 5.91 Å². The Morgan fingerprint density at radius 1 is 1.35 bits per heavy atom. The van der Waals surface area contributed by atoms with Crippen LogP contribution in [0.2, 0.25) is 0 Å². The van der Waals surface area contributed by atoms with E-state index >= 15 is 0 Å². The summed E-state index contributed by atoms with van der Waals surface area (Å²) in [6.07, 6.45) is 5.36. The predicted molar refractivity (Wildman–Crippen MR) is 102 cm³/mol. The minimum atomic E-state index is 0. The molecule has 0 bridgehead atoms. The number of halogens is 2. The third-order valence-corrected chi connectivity index (χ3v) is 4.14. The van der Waals surface area contributed by atoms with Crippen molar-refractivity contribution in [1.82, 2.24) is 10.2 Å². The molecular formula is C18H28Cl2N2O. The Morgan fingerprint density at radius 3 is 2.65 bits per heavy atom. The van der Waals surface area contributed by atoms with Gasteiger partial charge < -0.3 is 10.2 Å². The molecule has 1 amide bonds. The smallest absolute Gasteiger partial charge is 0.223 e. The summed E-state index contributed by atoms with van der Waals surface area (Å²) in [5, 5.41) is 3.40. The molecule has 2 rings (SSSR count). The van der Waals surface area contributed by atoms with Crippen LogP contribution in [-0.2, 0) is 11.2 Å². The van der Waals surface area contributed by atoms with Crippen LogP contribution in [0, 0.1) is 0 Å². The monoisotopic (exact) mass is 358 g/mol. The Labute approximate surface area is 152 Å². The normalized spacial score (nSPS) is 16.9. The first-order valence-corrected chi connectivity index (χ1v) is 7.96. The summed E-state index contributed by atoms with van der Waals surface area (Å²) < 4.78 is 0. The molecule has 3 nitrogen and oxygen atoms in total. The van der Waals surface area contributed by atoms with Crippen molar-refractivity contribution in [3.63, 3.8) is 0 Å². The minimum absolute atomic E-state index is 0. The van der Waals surface area contributed by atoms with Gasteiger partial charge in [0.1, 0.15) is 0 Å². The zero-order valence-electron chi connectivity index (χ0n) is 13.8. The number of benzene rings is 1. The fourth-order valence-electron chi connectivity index (χ4n) is 2.82. The number of nitrogens with zero attached hydrogens (tertiary/aromatic N) is 1. The quantitative estimate of drug-likeness (QED) is 0.617. The summed E-state index contributed by atoms with van der Waals surface area (Å²) in [5.74, 6) is 0.267. The van der Waals surface area contributed by atoms with Gasteiger partial charge in [0.05, 0.1) is 6.04 Å². The highest BCUT2D eigenvalue weighted by Gasteiger charge is 2.27. The van der Waals surface area contributed by atoms with Crippen LogP contribution >= 0.6 is 24.8 Å². The minimum Gasteiger partial charge on any atom is -0.333 e. The Kier molecular flexibility index (Phi) is 11.0. The molecule has 1 unspecified atom stereocenters. The van der Waals surface area contributed by atoms with Gasteiger partial charge in [0.25, 0.3) is 0 Å². The number of carbonyl (C=O) groups is 1. The molecule has 0 spiro atoms. The van der Waals surface area contributed by atoms with Gasteiger partial charge in [0.15, 0.2) is 0 Å². The Morgan fingerprint density at radius 2 is 2.04 bits per heavy atom. The molecule has 5 heteroatoms. The maximum absolute atomic E-state index is 12.4. The number of carbonyl (C=O) groups excluding carboxylic acids is 1. The predicted octanol–water partition coefficient (Wildman–Crippen LogP) is 3.92. The van der Waals surface area contributed by atoms with E-state index in [9.17, 15) is 4.79 Å². The number of aryl methyl sites for hydroxylation is 1. The van der Waals surface area contributed by atoms with Crippen molar-refractivity contribution in [2.45, 2.75) is 38.6 Å². The third-order valence-electron chi connectivity index (χ3n) is 4.14. The Balaban J connectivity index is 0.00000242. The summed E-state index contributed by atoms with van der Waals surface area (Å²) >= 11 is 0. The van der Waals surface area contributed by atoms with Crippen LogP contribution in [0.4, 0.5) is 0 Å². The average Bonchev–Trinajstić information content (AvgIpc) is 2.55. The second-order valence-corrected chi connectivity index (χ2v) is 5.58. The molecule has 1 aliphatic heterocycles. The van der Waals surface area contributed by atoms with Gasteiger partial charge in [-0.25, -0.2) is 0 Å². The van der Waals surface area contributed by atoms with E-state index in [2.05, 4.69) is 43.1 Å². The van der Waals surface area contributed by atoms with Crippen LogP contribution in [0.15, 0.2) is 36.9 Å². The van der Waals surface area contributed by atoms with Crippen molar-refractivity contribution in [2.24, 2.45) is 0 Å². The number of hydrogen-bond acceptors (Lipinski definition) is 2. The van der Waals surface area contributed by atoms with E-state index in [1.807, 2.05) is 11.0 Å². The lowest BCUT2D eigenvalue weighted by atomic mass is 10.0. The largest absolute Gasteiger partial charge is 0.333 e. The lowest BCUT2D eigenvalue weighted by Crippen LogP contribution is -2.48. The molecule has 1 fully saturated rings. The number of rotatable bonds is 6. The van der Waals surface area contributed by atoms with Crippen molar-refractivity contribution < 1.29 is 4.79 Å². The third kappa shape index (κ3) is 6.17. The first-order valence-electron chi connectivity index (χ1n) is 7.96. The summed E-state index contributed by atoms with van der Waals surface area (Å²) in [4.78, 5) is 14.5. The van der Waals surface area contributed by atoms with Gasteiger partial charge in [-0.05, 0) is 30.4 Å². The lowest BCUT2D eigenvalue weighted by molar-refractivity contribution is -0.134. The first-order chi connectivity index (χ1) is 10.3. The molecule has 0 aromatic heterocycles. The highest BCUT2D eigenvalue weighted by Crippen LogP contribution is 2.24. The number of hydrogen-bond donors (Lipinski definition) is 1. The van der Waals surface area contributed by atoms with Crippen LogP contribution in [0.25, 0.3) is 0 Å². The summed E-state index contributed by atoms with van der Waals surface area (Å²) in [5.41, 5.74) is 2.57. The summed E-state index contributed by atoms with van der Waals surface area (Å²) in [6, 6.07) is 8.84. The van der Waals surface area contributed by atoms with E-state index in [0.29, 0.717) is 6.42 Å². The van der Waals surface area contributed by atoms with E-state index in [1.165, 1.54) is 11.1 Å². The molecule has 1 aliphatic rings. The highest BCUT2D eigenvalue weighted by molar-refractivity contribution is 5.85. The topological polar surface area (TPSA) is 32.3 Å². The van der Waals surface area contributed by atoms with Crippen molar-refractivity contribution in [2.75, 3.05) is 19.6 Å². The molecule has 23 heavy (non-hydrogen) atoms. The molecule has 130 valence electrons. The molecule has 1 aromatic carbocycles.